The molecule has 0 bridgehead atoms. The summed E-state index contributed by atoms with van der Waals surface area (Å²) < 4.78 is 5.41. The van der Waals surface area contributed by atoms with Gasteiger partial charge in [-0.25, -0.2) is 0 Å². The number of hydrogen-bond donors (Lipinski definition) is 2. The molecule has 6 heteroatoms. The van der Waals surface area contributed by atoms with Gasteiger partial charge in [0, 0.05) is 23.8 Å². The number of aryl methyl sites for hydroxylation is 1. The van der Waals surface area contributed by atoms with E-state index in [0.717, 1.165) is 35.7 Å². The van der Waals surface area contributed by atoms with Gasteiger partial charge in [0.2, 0.25) is 5.91 Å². The molecule has 3 rings (SSSR count). The Hall–Kier alpha value is -2.24. The van der Waals surface area contributed by atoms with Crippen LogP contribution < -0.4 is 15.5 Å². The highest BCUT2D eigenvalue weighted by atomic mass is 35.5. The number of morpholine rings is 1. The van der Waals surface area contributed by atoms with E-state index in [0.29, 0.717) is 18.2 Å². The minimum absolute atomic E-state index is 0.100. The number of nitrogens with one attached hydrogen (secondary N) is 2. The molecule has 2 aromatic rings. The Morgan fingerprint density at radius 2 is 1.88 bits per heavy atom. The third-order valence-corrected chi connectivity index (χ3v) is 4.32. The van der Waals surface area contributed by atoms with Crippen LogP contribution in [0.1, 0.15) is 5.56 Å². The highest BCUT2D eigenvalue weighted by Crippen LogP contribution is 2.29. The second kappa shape index (κ2) is 8.23. The van der Waals surface area contributed by atoms with Crippen molar-refractivity contribution in [2.75, 3.05) is 48.4 Å². The lowest BCUT2D eigenvalue weighted by Gasteiger charge is -2.30. The van der Waals surface area contributed by atoms with E-state index < -0.39 is 0 Å². The summed E-state index contributed by atoms with van der Waals surface area (Å²) in [5, 5.41) is 6.73. The highest BCUT2D eigenvalue weighted by Gasteiger charge is 2.15. The van der Waals surface area contributed by atoms with Gasteiger partial charge in [-0.05, 0) is 37.3 Å². The van der Waals surface area contributed by atoms with Crippen LogP contribution >= 0.6 is 11.6 Å². The van der Waals surface area contributed by atoms with Crippen LogP contribution in [0.4, 0.5) is 17.1 Å². The average Bonchev–Trinajstić information content (AvgIpc) is 2.63. The number of carbonyl (C=O) groups is 1. The quantitative estimate of drug-likeness (QED) is 0.857. The van der Waals surface area contributed by atoms with E-state index in [-0.39, 0.29) is 12.5 Å². The number of carbonyl (C=O) groups excluding carboxylic acids is 1. The van der Waals surface area contributed by atoms with Crippen molar-refractivity contribution in [2.24, 2.45) is 0 Å². The van der Waals surface area contributed by atoms with Crippen molar-refractivity contribution in [2.45, 2.75) is 6.92 Å². The molecular weight excluding hydrogens is 338 g/mol. The van der Waals surface area contributed by atoms with Crippen LogP contribution in [0.5, 0.6) is 0 Å². The van der Waals surface area contributed by atoms with Crippen LogP contribution in [-0.2, 0) is 9.53 Å². The minimum atomic E-state index is -0.100. The zero-order valence-corrected chi connectivity index (χ0v) is 15.0. The Labute approximate surface area is 152 Å². The Balaban J connectivity index is 1.64. The van der Waals surface area contributed by atoms with E-state index in [2.05, 4.69) is 15.5 Å². The maximum absolute atomic E-state index is 12.2. The van der Waals surface area contributed by atoms with Gasteiger partial charge >= 0.3 is 0 Å². The molecule has 2 N–H and O–H groups in total. The van der Waals surface area contributed by atoms with Crippen LogP contribution in [0, 0.1) is 6.92 Å². The third kappa shape index (κ3) is 4.87. The lowest BCUT2D eigenvalue weighted by Crippen LogP contribution is -2.36. The van der Waals surface area contributed by atoms with E-state index >= 15 is 0 Å². The summed E-state index contributed by atoms with van der Waals surface area (Å²) in [5.74, 6) is -0.100. The second-order valence-electron chi connectivity index (χ2n) is 6.03. The van der Waals surface area contributed by atoms with Crippen molar-refractivity contribution in [3.8, 4) is 0 Å². The molecule has 1 heterocycles. The van der Waals surface area contributed by atoms with E-state index in [1.807, 2.05) is 49.4 Å². The predicted octanol–water partition coefficient (Wildman–Crippen LogP) is 3.54. The summed E-state index contributed by atoms with van der Waals surface area (Å²) in [6.07, 6.45) is 0. The SMILES string of the molecule is Cc1ccc(NC(=O)CNc2cc(Cl)ccc2N2CCOCC2)cc1. The average molecular weight is 360 g/mol. The van der Waals surface area contributed by atoms with Crippen molar-refractivity contribution in [1.29, 1.82) is 0 Å². The first kappa shape index (κ1) is 17.6. The minimum Gasteiger partial charge on any atom is -0.378 e. The summed E-state index contributed by atoms with van der Waals surface area (Å²) in [4.78, 5) is 14.4. The van der Waals surface area contributed by atoms with Gasteiger partial charge in [-0.2, -0.15) is 0 Å². The lowest BCUT2D eigenvalue weighted by molar-refractivity contribution is -0.114. The summed E-state index contributed by atoms with van der Waals surface area (Å²) in [6.45, 7) is 5.24. The standard InChI is InChI=1S/C19H22ClN3O2/c1-14-2-5-16(6-3-14)22-19(24)13-21-17-12-15(20)4-7-18(17)23-8-10-25-11-9-23/h2-7,12,21H,8-11,13H2,1H3,(H,22,24). The molecule has 0 aromatic heterocycles. The van der Waals surface area contributed by atoms with Gasteiger partial charge in [0.1, 0.15) is 0 Å². The Morgan fingerprint density at radius 1 is 1.16 bits per heavy atom. The molecule has 25 heavy (non-hydrogen) atoms. The van der Waals surface area contributed by atoms with Gasteiger partial charge in [-0.3, -0.25) is 4.79 Å². The summed E-state index contributed by atoms with van der Waals surface area (Å²) in [6, 6.07) is 13.4. The fourth-order valence-corrected chi connectivity index (χ4v) is 2.92. The molecule has 0 saturated carbocycles. The number of rotatable bonds is 5. The summed E-state index contributed by atoms with van der Waals surface area (Å²) >= 11 is 6.13. The van der Waals surface area contributed by atoms with Gasteiger partial charge in [0.25, 0.3) is 0 Å². The summed E-state index contributed by atoms with van der Waals surface area (Å²) in [5.41, 5.74) is 3.84. The van der Waals surface area contributed by atoms with Crippen LogP contribution in [0.2, 0.25) is 5.02 Å². The molecule has 1 amide bonds. The first-order valence-corrected chi connectivity index (χ1v) is 8.72. The maximum atomic E-state index is 12.2. The number of nitrogens with zero attached hydrogens (tertiary/aromatic N) is 1. The van der Waals surface area contributed by atoms with Crippen molar-refractivity contribution in [3.63, 3.8) is 0 Å². The van der Waals surface area contributed by atoms with Gasteiger partial charge in [0.15, 0.2) is 0 Å². The first-order valence-electron chi connectivity index (χ1n) is 8.34. The molecule has 5 nitrogen and oxygen atoms in total. The zero-order valence-electron chi connectivity index (χ0n) is 14.2. The maximum Gasteiger partial charge on any atom is 0.243 e. The normalized spacial score (nSPS) is 14.2. The molecule has 132 valence electrons. The second-order valence-corrected chi connectivity index (χ2v) is 6.47. The van der Waals surface area contributed by atoms with Crippen molar-refractivity contribution < 1.29 is 9.53 Å². The largest absolute Gasteiger partial charge is 0.378 e. The molecule has 0 radical (unpaired) electrons. The fraction of sp³-hybridized carbons (Fsp3) is 0.316. The van der Waals surface area contributed by atoms with E-state index in [4.69, 9.17) is 16.3 Å². The van der Waals surface area contributed by atoms with Crippen molar-refractivity contribution in [1.82, 2.24) is 0 Å². The molecule has 0 atom stereocenters. The molecule has 1 saturated heterocycles. The molecule has 1 aliphatic rings. The smallest absolute Gasteiger partial charge is 0.243 e. The van der Waals surface area contributed by atoms with Crippen LogP contribution in [-0.4, -0.2) is 38.8 Å². The molecule has 0 spiro atoms. The van der Waals surface area contributed by atoms with Gasteiger partial charge < -0.3 is 20.3 Å². The van der Waals surface area contributed by atoms with E-state index in [1.54, 1.807) is 0 Å². The van der Waals surface area contributed by atoms with Crippen LogP contribution in [0.15, 0.2) is 42.5 Å². The number of anilines is 3. The first-order chi connectivity index (χ1) is 12.1. The number of halogens is 1. The van der Waals surface area contributed by atoms with Crippen molar-refractivity contribution in [3.05, 3.63) is 53.1 Å². The Bertz CT molecular complexity index is 728. The lowest BCUT2D eigenvalue weighted by atomic mass is 10.2. The number of benzene rings is 2. The molecule has 1 fully saturated rings. The summed E-state index contributed by atoms with van der Waals surface area (Å²) in [7, 11) is 0. The van der Waals surface area contributed by atoms with E-state index in [9.17, 15) is 4.79 Å². The van der Waals surface area contributed by atoms with Crippen molar-refractivity contribution >= 4 is 34.6 Å². The zero-order chi connectivity index (χ0) is 17.6. The topological polar surface area (TPSA) is 53.6 Å². The van der Waals surface area contributed by atoms with Gasteiger partial charge in [-0.15, -0.1) is 0 Å². The molecule has 0 aliphatic carbocycles. The third-order valence-electron chi connectivity index (χ3n) is 4.09. The van der Waals surface area contributed by atoms with Crippen LogP contribution in [0.3, 0.4) is 0 Å². The predicted molar refractivity (Wildman–Crippen MR) is 103 cm³/mol. The van der Waals surface area contributed by atoms with Gasteiger partial charge in [0.05, 0.1) is 31.1 Å². The van der Waals surface area contributed by atoms with E-state index in [1.165, 1.54) is 0 Å². The molecule has 1 aliphatic heterocycles. The number of ether oxygens (including phenoxy) is 1. The molecular formula is C19H22ClN3O2. The highest BCUT2D eigenvalue weighted by molar-refractivity contribution is 6.31. The Morgan fingerprint density at radius 3 is 2.60 bits per heavy atom. The van der Waals surface area contributed by atoms with Crippen LogP contribution in [0.25, 0.3) is 0 Å². The number of hydrogen-bond acceptors (Lipinski definition) is 4. The Kier molecular flexibility index (Phi) is 5.79. The molecule has 0 unspecified atom stereocenters. The monoisotopic (exact) mass is 359 g/mol. The number of amides is 1. The van der Waals surface area contributed by atoms with Gasteiger partial charge in [-0.1, -0.05) is 29.3 Å². The molecule has 2 aromatic carbocycles. The fourth-order valence-electron chi connectivity index (χ4n) is 2.75.